The van der Waals surface area contributed by atoms with Gasteiger partial charge in [0.05, 0.1) is 12.1 Å². The number of hydrogen-bond donors (Lipinski definition) is 2. The van der Waals surface area contributed by atoms with Crippen molar-refractivity contribution in [2.75, 3.05) is 4.90 Å². The van der Waals surface area contributed by atoms with Crippen LogP contribution < -0.4 is 4.90 Å². The largest absolute Gasteiger partial charge is 0.504 e. The third kappa shape index (κ3) is 2.98. The maximum Gasteiger partial charge on any atom is 0.261 e. The van der Waals surface area contributed by atoms with E-state index in [2.05, 4.69) is 15.9 Å². The van der Waals surface area contributed by atoms with Crippen LogP contribution in [0.2, 0.25) is 0 Å². The van der Waals surface area contributed by atoms with Gasteiger partial charge in [-0.25, -0.2) is 4.90 Å². The van der Waals surface area contributed by atoms with Gasteiger partial charge in [0.25, 0.3) is 5.91 Å². The monoisotopic (exact) mass is 373 g/mol. The highest BCUT2D eigenvalue weighted by Crippen LogP contribution is 2.31. The maximum absolute atomic E-state index is 12.5. The SMILES string of the molecule is O=C1C/C(=C\c2ccc(O)c(O)c2)C(=O)N1c1cccc(Br)c1. The number of carbonyl (C=O) groups is 2. The highest BCUT2D eigenvalue weighted by atomic mass is 79.9. The summed E-state index contributed by atoms with van der Waals surface area (Å²) in [7, 11) is 0. The normalized spacial score (nSPS) is 16.4. The Kier molecular flexibility index (Phi) is 3.92. The summed E-state index contributed by atoms with van der Waals surface area (Å²) in [5, 5.41) is 18.8. The molecule has 2 aromatic carbocycles. The molecule has 0 unspecified atom stereocenters. The molecule has 0 radical (unpaired) electrons. The van der Waals surface area contributed by atoms with Crippen LogP contribution in [0.4, 0.5) is 5.69 Å². The van der Waals surface area contributed by atoms with Gasteiger partial charge < -0.3 is 10.2 Å². The van der Waals surface area contributed by atoms with Gasteiger partial charge in [0.15, 0.2) is 11.5 Å². The second-order valence-electron chi connectivity index (χ2n) is 5.11. The molecule has 23 heavy (non-hydrogen) atoms. The molecule has 1 aliphatic rings. The second kappa shape index (κ2) is 5.89. The molecule has 2 amide bonds. The molecule has 3 rings (SSSR count). The topological polar surface area (TPSA) is 77.8 Å². The zero-order valence-corrected chi connectivity index (χ0v) is 13.4. The van der Waals surface area contributed by atoms with Crippen molar-refractivity contribution < 1.29 is 19.8 Å². The minimum Gasteiger partial charge on any atom is -0.504 e. The first-order chi connectivity index (χ1) is 11.0. The van der Waals surface area contributed by atoms with Crippen LogP contribution in [0, 0.1) is 0 Å². The average molecular weight is 374 g/mol. The summed E-state index contributed by atoms with van der Waals surface area (Å²) < 4.78 is 0.775. The molecule has 0 bridgehead atoms. The lowest BCUT2D eigenvalue weighted by Crippen LogP contribution is -2.28. The Bertz CT molecular complexity index is 844. The number of amides is 2. The van der Waals surface area contributed by atoms with Gasteiger partial charge in [-0.1, -0.05) is 28.1 Å². The zero-order valence-electron chi connectivity index (χ0n) is 11.9. The fourth-order valence-electron chi connectivity index (χ4n) is 2.40. The van der Waals surface area contributed by atoms with E-state index < -0.39 is 0 Å². The van der Waals surface area contributed by atoms with Crippen molar-refractivity contribution >= 4 is 39.5 Å². The van der Waals surface area contributed by atoms with Gasteiger partial charge in [-0.05, 0) is 42.0 Å². The molecule has 2 aromatic rings. The van der Waals surface area contributed by atoms with E-state index >= 15 is 0 Å². The second-order valence-corrected chi connectivity index (χ2v) is 6.02. The van der Waals surface area contributed by atoms with Crippen LogP contribution in [-0.4, -0.2) is 22.0 Å². The van der Waals surface area contributed by atoms with Crippen LogP contribution >= 0.6 is 15.9 Å². The molecule has 0 aromatic heterocycles. The van der Waals surface area contributed by atoms with Crippen LogP contribution in [0.25, 0.3) is 6.08 Å². The number of carbonyl (C=O) groups excluding carboxylic acids is 2. The number of imide groups is 1. The molecule has 0 saturated carbocycles. The number of halogens is 1. The molecule has 1 saturated heterocycles. The Balaban J connectivity index is 1.94. The van der Waals surface area contributed by atoms with E-state index in [1.165, 1.54) is 18.2 Å². The molecular formula is C17H12BrNO4. The minimum absolute atomic E-state index is 0.00696. The molecule has 0 atom stereocenters. The van der Waals surface area contributed by atoms with Crippen molar-refractivity contribution in [3.05, 3.63) is 58.1 Å². The third-order valence-electron chi connectivity index (χ3n) is 3.48. The summed E-state index contributed by atoms with van der Waals surface area (Å²) in [6, 6.07) is 11.2. The molecule has 0 aliphatic carbocycles. The van der Waals surface area contributed by atoms with Crippen molar-refractivity contribution in [1.82, 2.24) is 0 Å². The number of anilines is 1. The lowest BCUT2D eigenvalue weighted by molar-refractivity contribution is -0.120. The first-order valence-electron chi connectivity index (χ1n) is 6.81. The van der Waals surface area contributed by atoms with Gasteiger partial charge in [-0.3, -0.25) is 9.59 Å². The van der Waals surface area contributed by atoms with Crippen molar-refractivity contribution in [3.63, 3.8) is 0 Å². The number of phenolic OH excluding ortho intramolecular Hbond substituents is 2. The van der Waals surface area contributed by atoms with Crippen molar-refractivity contribution in [3.8, 4) is 11.5 Å². The molecule has 1 fully saturated rings. The zero-order chi connectivity index (χ0) is 16.6. The lowest BCUT2D eigenvalue weighted by Gasteiger charge is -2.13. The van der Waals surface area contributed by atoms with E-state index in [4.69, 9.17) is 0 Å². The van der Waals surface area contributed by atoms with Crippen LogP contribution in [0.1, 0.15) is 12.0 Å². The van der Waals surface area contributed by atoms with Crippen LogP contribution in [0.15, 0.2) is 52.5 Å². The van der Waals surface area contributed by atoms with Crippen molar-refractivity contribution in [1.29, 1.82) is 0 Å². The van der Waals surface area contributed by atoms with Gasteiger partial charge in [-0.15, -0.1) is 0 Å². The molecule has 5 nitrogen and oxygen atoms in total. The number of hydrogen-bond acceptors (Lipinski definition) is 4. The average Bonchev–Trinajstić information content (AvgIpc) is 2.77. The Labute approximate surface area is 140 Å². The van der Waals surface area contributed by atoms with Crippen LogP contribution in [-0.2, 0) is 9.59 Å². The Morgan fingerprint density at radius 3 is 2.52 bits per heavy atom. The minimum atomic E-state index is -0.388. The Hall–Kier alpha value is -2.60. The van der Waals surface area contributed by atoms with Crippen LogP contribution in [0.3, 0.4) is 0 Å². The highest BCUT2D eigenvalue weighted by Gasteiger charge is 2.34. The van der Waals surface area contributed by atoms with Gasteiger partial charge >= 0.3 is 0 Å². The standard InChI is InChI=1S/C17H12BrNO4/c18-12-2-1-3-13(9-12)19-16(22)8-11(17(19)23)6-10-4-5-14(20)15(21)7-10/h1-7,9,20-21H,8H2/b11-6+. The predicted molar refractivity (Wildman–Crippen MR) is 89.0 cm³/mol. The summed E-state index contributed by atoms with van der Waals surface area (Å²) in [4.78, 5) is 25.8. The molecule has 1 aliphatic heterocycles. The van der Waals surface area contributed by atoms with Crippen molar-refractivity contribution in [2.24, 2.45) is 0 Å². The molecular weight excluding hydrogens is 362 g/mol. The molecule has 0 spiro atoms. The predicted octanol–water partition coefficient (Wildman–Crippen LogP) is 3.21. The van der Waals surface area contributed by atoms with E-state index in [9.17, 15) is 19.8 Å². The van der Waals surface area contributed by atoms with E-state index in [1.807, 2.05) is 6.07 Å². The molecule has 6 heteroatoms. The molecule has 2 N–H and O–H groups in total. The number of nitrogens with zero attached hydrogens (tertiary/aromatic N) is 1. The van der Waals surface area contributed by atoms with Gasteiger partial charge in [0.2, 0.25) is 5.91 Å². The summed E-state index contributed by atoms with van der Waals surface area (Å²) in [5.74, 6) is -1.21. The summed E-state index contributed by atoms with van der Waals surface area (Å²) in [6.07, 6.45) is 1.53. The third-order valence-corrected chi connectivity index (χ3v) is 3.97. The number of benzene rings is 2. The molecule has 1 heterocycles. The smallest absolute Gasteiger partial charge is 0.261 e. The number of aromatic hydroxyl groups is 2. The quantitative estimate of drug-likeness (QED) is 0.481. The van der Waals surface area contributed by atoms with E-state index in [1.54, 1.807) is 24.3 Å². The summed E-state index contributed by atoms with van der Waals surface area (Å²) in [6.45, 7) is 0. The van der Waals surface area contributed by atoms with Crippen LogP contribution in [0.5, 0.6) is 11.5 Å². The van der Waals surface area contributed by atoms with E-state index in [0.29, 0.717) is 16.8 Å². The Morgan fingerprint density at radius 2 is 1.83 bits per heavy atom. The first kappa shape index (κ1) is 15.3. The number of phenols is 2. The Morgan fingerprint density at radius 1 is 1.04 bits per heavy atom. The summed E-state index contributed by atoms with van der Waals surface area (Å²) in [5.41, 5.74) is 1.37. The highest BCUT2D eigenvalue weighted by molar-refractivity contribution is 9.10. The fourth-order valence-corrected chi connectivity index (χ4v) is 2.78. The van der Waals surface area contributed by atoms with E-state index in [0.717, 1.165) is 9.37 Å². The first-order valence-corrected chi connectivity index (χ1v) is 7.60. The maximum atomic E-state index is 12.5. The number of rotatable bonds is 2. The lowest BCUT2D eigenvalue weighted by atomic mass is 10.1. The van der Waals surface area contributed by atoms with Gasteiger partial charge in [-0.2, -0.15) is 0 Å². The van der Waals surface area contributed by atoms with Gasteiger partial charge in [0.1, 0.15) is 0 Å². The van der Waals surface area contributed by atoms with E-state index in [-0.39, 0.29) is 29.7 Å². The van der Waals surface area contributed by atoms with Crippen molar-refractivity contribution in [2.45, 2.75) is 6.42 Å². The fraction of sp³-hybridized carbons (Fsp3) is 0.0588. The summed E-state index contributed by atoms with van der Waals surface area (Å²) >= 11 is 3.32. The van der Waals surface area contributed by atoms with Gasteiger partial charge in [0, 0.05) is 10.0 Å². The molecule has 116 valence electrons.